The third kappa shape index (κ3) is 5.58. The molecule has 0 spiro atoms. The maximum Gasteiger partial charge on any atom is 0.409 e. The number of amides is 1. The third-order valence-corrected chi connectivity index (χ3v) is 5.93. The van der Waals surface area contributed by atoms with Crippen molar-refractivity contribution in [1.29, 1.82) is 0 Å². The fourth-order valence-corrected chi connectivity index (χ4v) is 4.29. The van der Waals surface area contributed by atoms with Gasteiger partial charge in [0, 0.05) is 45.8 Å². The van der Waals surface area contributed by atoms with E-state index in [4.69, 9.17) is 4.74 Å². The van der Waals surface area contributed by atoms with Gasteiger partial charge in [0.1, 0.15) is 6.61 Å². The number of likely N-dealkylation sites (tertiary alicyclic amines) is 1. The van der Waals surface area contributed by atoms with Gasteiger partial charge in [-0.15, -0.1) is 0 Å². The molecule has 29 heavy (non-hydrogen) atoms. The highest BCUT2D eigenvalue weighted by molar-refractivity contribution is 5.67. The second-order valence-electron chi connectivity index (χ2n) is 8.10. The molecule has 2 aromatic carbocycles. The van der Waals surface area contributed by atoms with E-state index in [0.29, 0.717) is 6.61 Å². The van der Waals surface area contributed by atoms with E-state index >= 15 is 0 Å². The zero-order chi connectivity index (χ0) is 19.9. The lowest BCUT2D eigenvalue weighted by atomic mass is 10.1. The second-order valence-corrected chi connectivity index (χ2v) is 8.10. The van der Waals surface area contributed by atoms with E-state index in [9.17, 15) is 4.79 Å². The first-order chi connectivity index (χ1) is 14.3. The van der Waals surface area contributed by atoms with Gasteiger partial charge in [0.25, 0.3) is 0 Å². The Labute approximate surface area is 173 Å². The van der Waals surface area contributed by atoms with Crippen molar-refractivity contribution in [2.24, 2.45) is 0 Å². The smallest absolute Gasteiger partial charge is 0.409 e. The standard InChI is InChI=1S/C24H31N3O2/c28-24(26-13-7-8-14-26)29-20-23-19-25(17-21-9-3-1-4-10-21)15-16-27(23)18-22-11-5-2-6-12-22/h1-6,9-12,23H,7-8,13-20H2. The molecule has 5 nitrogen and oxygen atoms in total. The SMILES string of the molecule is O=C(OCC1CN(Cc2ccccc2)CCN1Cc1ccccc1)N1CCCC1. The molecule has 154 valence electrons. The average Bonchev–Trinajstić information content (AvgIpc) is 3.30. The maximum atomic E-state index is 12.4. The van der Waals surface area contributed by atoms with Crippen LogP contribution in [0.5, 0.6) is 0 Å². The Morgan fingerprint density at radius 2 is 1.45 bits per heavy atom. The van der Waals surface area contributed by atoms with Crippen LogP contribution >= 0.6 is 0 Å². The molecule has 2 saturated heterocycles. The molecule has 1 amide bonds. The van der Waals surface area contributed by atoms with Gasteiger partial charge >= 0.3 is 6.09 Å². The summed E-state index contributed by atoms with van der Waals surface area (Å²) in [6.45, 7) is 6.87. The Morgan fingerprint density at radius 3 is 2.10 bits per heavy atom. The zero-order valence-corrected chi connectivity index (χ0v) is 17.1. The predicted octanol–water partition coefficient (Wildman–Crippen LogP) is 3.61. The molecule has 5 heteroatoms. The lowest BCUT2D eigenvalue weighted by Crippen LogP contribution is -2.54. The first kappa shape index (κ1) is 19.9. The van der Waals surface area contributed by atoms with Gasteiger partial charge in [0.05, 0.1) is 6.04 Å². The van der Waals surface area contributed by atoms with Crippen LogP contribution in [0.25, 0.3) is 0 Å². The molecule has 2 aliphatic heterocycles. The van der Waals surface area contributed by atoms with Crippen LogP contribution in [0, 0.1) is 0 Å². The molecule has 0 N–H and O–H groups in total. The van der Waals surface area contributed by atoms with Gasteiger partial charge in [-0.2, -0.15) is 0 Å². The normalized spacial score (nSPS) is 20.7. The Morgan fingerprint density at radius 1 is 0.828 bits per heavy atom. The first-order valence-electron chi connectivity index (χ1n) is 10.7. The fraction of sp³-hybridized carbons (Fsp3) is 0.458. The number of ether oxygens (including phenoxy) is 1. The monoisotopic (exact) mass is 393 g/mol. The first-order valence-corrected chi connectivity index (χ1v) is 10.7. The van der Waals surface area contributed by atoms with Crippen molar-refractivity contribution in [2.75, 3.05) is 39.3 Å². The fourth-order valence-electron chi connectivity index (χ4n) is 4.29. The van der Waals surface area contributed by atoms with Gasteiger partial charge in [0.15, 0.2) is 0 Å². The average molecular weight is 394 g/mol. The van der Waals surface area contributed by atoms with E-state index in [2.05, 4.69) is 70.5 Å². The summed E-state index contributed by atoms with van der Waals surface area (Å²) >= 11 is 0. The Kier molecular flexibility index (Phi) is 6.80. The van der Waals surface area contributed by atoms with Gasteiger partial charge in [-0.05, 0) is 24.0 Å². The number of benzene rings is 2. The summed E-state index contributed by atoms with van der Waals surface area (Å²) in [5, 5.41) is 0. The Balaban J connectivity index is 1.39. The van der Waals surface area contributed by atoms with E-state index in [0.717, 1.165) is 58.7 Å². The molecule has 0 aliphatic carbocycles. The van der Waals surface area contributed by atoms with E-state index in [1.807, 2.05) is 4.90 Å². The summed E-state index contributed by atoms with van der Waals surface area (Å²) in [7, 11) is 0. The minimum atomic E-state index is -0.151. The Hall–Kier alpha value is -2.37. The zero-order valence-electron chi connectivity index (χ0n) is 17.1. The minimum Gasteiger partial charge on any atom is -0.448 e. The van der Waals surface area contributed by atoms with Crippen molar-refractivity contribution in [3.63, 3.8) is 0 Å². The lowest BCUT2D eigenvalue weighted by Gasteiger charge is -2.41. The summed E-state index contributed by atoms with van der Waals surface area (Å²) in [5.74, 6) is 0. The number of carbonyl (C=O) groups excluding carboxylic acids is 1. The van der Waals surface area contributed by atoms with E-state index < -0.39 is 0 Å². The van der Waals surface area contributed by atoms with E-state index in [1.54, 1.807) is 0 Å². The van der Waals surface area contributed by atoms with Crippen LogP contribution in [0.1, 0.15) is 24.0 Å². The van der Waals surface area contributed by atoms with Crippen molar-refractivity contribution in [1.82, 2.24) is 14.7 Å². The number of piperazine rings is 1. The predicted molar refractivity (Wildman–Crippen MR) is 115 cm³/mol. The van der Waals surface area contributed by atoms with Crippen molar-refractivity contribution in [2.45, 2.75) is 32.0 Å². The van der Waals surface area contributed by atoms with Crippen LogP contribution in [-0.4, -0.2) is 66.2 Å². The van der Waals surface area contributed by atoms with Crippen LogP contribution < -0.4 is 0 Å². The van der Waals surface area contributed by atoms with Gasteiger partial charge < -0.3 is 9.64 Å². The molecule has 0 aromatic heterocycles. The van der Waals surface area contributed by atoms with Gasteiger partial charge in [0.2, 0.25) is 0 Å². The summed E-state index contributed by atoms with van der Waals surface area (Å²) in [4.78, 5) is 19.2. The number of nitrogens with zero attached hydrogens (tertiary/aromatic N) is 3. The van der Waals surface area contributed by atoms with Crippen LogP contribution in [0.3, 0.4) is 0 Å². The number of carbonyl (C=O) groups is 1. The molecule has 2 heterocycles. The molecule has 2 aromatic rings. The molecule has 0 bridgehead atoms. The van der Waals surface area contributed by atoms with Gasteiger partial charge in [-0.1, -0.05) is 60.7 Å². The molecule has 0 saturated carbocycles. The summed E-state index contributed by atoms with van der Waals surface area (Å²) in [6.07, 6.45) is 2.02. The van der Waals surface area contributed by atoms with Gasteiger partial charge in [-0.25, -0.2) is 4.79 Å². The Bertz CT molecular complexity index is 762. The highest BCUT2D eigenvalue weighted by atomic mass is 16.6. The van der Waals surface area contributed by atoms with Crippen LogP contribution in [0.15, 0.2) is 60.7 Å². The van der Waals surface area contributed by atoms with E-state index in [-0.39, 0.29) is 12.1 Å². The van der Waals surface area contributed by atoms with Crippen molar-refractivity contribution in [3.8, 4) is 0 Å². The van der Waals surface area contributed by atoms with Crippen LogP contribution in [0.4, 0.5) is 4.79 Å². The number of hydrogen-bond donors (Lipinski definition) is 0. The summed E-state index contributed by atoms with van der Waals surface area (Å²) < 4.78 is 5.75. The summed E-state index contributed by atoms with van der Waals surface area (Å²) in [6, 6.07) is 21.4. The number of rotatable bonds is 6. The van der Waals surface area contributed by atoms with Crippen molar-refractivity contribution < 1.29 is 9.53 Å². The molecule has 2 aliphatic rings. The third-order valence-electron chi connectivity index (χ3n) is 5.93. The van der Waals surface area contributed by atoms with Crippen LogP contribution in [0.2, 0.25) is 0 Å². The molecule has 4 rings (SSSR count). The van der Waals surface area contributed by atoms with Gasteiger partial charge in [-0.3, -0.25) is 9.80 Å². The second kappa shape index (κ2) is 9.90. The highest BCUT2D eigenvalue weighted by Gasteiger charge is 2.29. The topological polar surface area (TPSA) is 36.0 Å². The van der Waals surface area contributed by atoms with E-state index in [1.165, 1.54) is 11.1 Å². The lowest BCUT2D eigenvalue weighted by molar-refractivity contribution is 0.0162. The molecule has 1 unspecified atom stereocenters. The number of hydrogen-bond acceptors (Lipinski definition) is 4. The van der Waals surface area contributed by atoms with Crippen LogP contribution in [-0.2, 0) is 17.8 Å². The maximum absolute atomic E-state index is 12.4. The quantitative estimate of drug-likeness (QED) is 0.751. The largest absolute Gasteiger partial charge is 0.448 e. The minimum absolute atomic E-state index is 0.151. The molecular formula is C24H31N3O2. The summed E-state index contributed by atoms with van der Waals surface area (Å²) in [5.41, 5.74) is 2.64. The molecular weight excluding hydrogens is 362 g/mol. The molecule has 1 atom stereocenters. The molecule has 0 radical (unpaired) electrons. The van der Waals surface area contributed by atoms with Crippen molar-refractivity contribution >= 4 is 6.09 Å². The molecule has 2 fully saturated rings. The van der Waals surface area contributed by atoms with Crippen molar-refractivity contribution in [3.05, 3.63) is 71.8 Å². The highest BCUT2D eigenvalue weighted by Crippen LogP contribution is 2.18.